The summed E-state index contributed by atoms with van der Waals surface area (Å²) in [5, 5.41) is 2.85. The number of rotatable bonds is 5. The van der Waals surface area contributed by atoms with Crippen LogP contribution in [0.2, 0.25) is 0 Å². The number of carbonyl (C=O) groups excluding carboxylic acids is 1. The number of nitrogens with one attached hydrogen (secondary N) is 1. The van der Waals surface area contributed by atoms with E-state index in [-0.39, 0.29) is 11.7 Å². The number of hydrogen-bond acceptors (Lipinski definition) is 2. The summed E-state index contributed by atoms with van der Waals surface area (Å²) in [6.07, 6.45) is 1.43. The van der Waals surface area contributed by atoms with Crippen molar-refractivity contribution in [1.29, 1.82) is 0 Å². The number of aromatic nitrogens is 2. The monoisotopic (exact) mass is 337 g/mol. The number of carbonyl (C=O) groups is 1. The molecule has 0 fully saturated rings. The van der Waals surface area contributed by atoms with Gasteiger partial charge < -0.3 is 9.88 Å². The van der Waals surface area contributed by atoms with Gasteiger partial charge in [-0.25, -0.2) is 9.37 Å². The van der Waals surface area contributed by atoms with Crippen LogP contribution in [0.4, 0.5) is 4.39 Å². The SMILES string of the molecule is CC(=CC(=O)NCCn1c(C)nc2ccccc21)c1ccccc1F. The molecule has 0 unspecified atom stereocenters. The topological polar surface area (TPSA) is 46.9 Å². The fraction of sp³-hybridized carbons (Fsp3) is 0.200. The normalized spacial score (nSPS) is 11.7. The van der Waals surface area contributed by atoms with Crippen molar-refractivity contribution in [3.8, 4) is 0 Å². The van der Waals surface area contributed by atoms with Crippen LogP contribution < -0.4 is 5.32 Å². The van der Waals surface area contributed by atoms with Gasteiger partial charge in [0.05, 0.1) is 11.0 Å². The van der Waals surface area contributed by atoms with E-state index in [0.717, 1.165) is 16.9 Å². The number of benzene rings is 2. The van der Waals surface area contributed by atoms with E-state index in [1.54, 1.807) is 25.1 Å². The van der Waals surface area contributed by atoms with E-state index < -0.39 is 0 Å². The summed E-state index contributed by atoms with van der Waals surface area (Å²) < 4.78 is 15.8. The number of fused-ring (bicyclic) bond motifs is 1. The molecule has 3 aromatic rings. The second-order valence-corrected chi connectivity index (χ2v) is 5.90. The number of halogens is 1. The lowest BCUT2D eigenvalue weighted by Crippen LogP contribution is -2.26. The van der Waals surface area contributed by atoms with E-state index in [2.05, 4.69) is 14.9 Å². The molecule has 0 aliphatic heterocycles. The van der Waals surface area contributed by atoms with E-state index in [9.17, 15) is 9.18 Å². The van der Waals surface area contributed by atoms with Crippen LogP contribution in [-0.2, 0) is 11.3 Å². The lowest BCUT2D eigenvalue weighted by molar-refractivity contribution is -0.116. The first-order valence-electron chi connectivity index (χ1n) is 8.19. The van der Waals surface area contributed by atoms with Crippen molar-refractivity contribution in [3.63, 3.8) is 0 Å². The molecule has 1 amide bonds. The summed E-state index contributed by atoms with van der Waals surface area (Å²) in [4.78, 5) is 16.6. The highest BCUT2D eigenvalue weighted by Gasteiger charge is 2.08. The van der Waals surface area contributed by atoms with Crippen molar-refractivity contribution in [2.24, 2.45) is 0 Å². The van der Waals surface area contributed by atoms with Crippen molar-refractivity contribution in [3.05, 3.63) is 71.8 Å². The van der Waals surface area contributed by atoms with Crippen LogP contribution in [0.15, 0.2) is 54.6 Å². The fourth-order valence-corrected chi connectivity index (χ4v) is 2.88. The van der Waals surface area contributed by atoms with Crippen molar-refractivity contribution < 1.29 is 9.18 Å². The third kappa shape index (κ3) is 3.76. The Labute approximate surface area is 146 Å². The smallest absolute Gasteiger partial charge is 0.244 e. The van der Waals surface area contributed by atoms with Gasteiger partial charge in [-0.2, -0.15) is 0 Å². The minimum Gasteiger partial charge on any atom is -0.351 e. The number of hydrogen-bond donors (Lipinski definition) is 1. The molecular formula is C20H20FN3O. The van der Waals surface area contributed by atoms with Gasteiger partial charge in [0.25, 0.3) is 0 Å². The van der Waals surface area contributed by atoms with Crippen LogP contribution in [0.25, 0.3) is 16.6 Å². The maximum atomic E-state index is 13.7. The minimum absolute atomic E-state index is 0.233. The van der Waals surface area contributed by atoms with Crippen molar-refractivity contribution in [1.82, 2.24) is 14.9 Å². The molecule has 3 rings (SSSR count). The zero-order valence-electron chi connectivity index (χ0n) is 14.3. The summed E-state index contributed by atoms with van der Waals surface area (Å²) in [6, 6.07) is 14.3. The maximum absolute atomic E-state index is 13.7. The molecule has 128 valence electrons. The average Bonchev–Trinajstić information content (AvgIpc) is 2.91. The van der Waals surface area contributed by atoms with E-state index in [4.69, 9.17) is 0 Å². The second-order valence-electron chi connectivity index (χ2n) is 5.90. The predicted octanol–water partition coefficient (Wildman–Crippen LogP) is 3.70. The lowest BCUT2D eigenvalue weighted by Gasteiger charge is -2.08. The lowest BCUT2D eigenvalue weighted by atomic mass is 10.1. The van der Waals surface area contributed by atoms with Crippen LogP contribution in [-0.4, -0.2) is 22.0 Å². The summed E-state index contributed by atoms with van der Waals surface area (Å²) >= 11 is 0. The first-order chi connectivity index (χ1) is 12.1. The van der Waals surface area contributed by atoms with Gasteiger partial charge in [-0.05, 0) is 37.6 Å². The van der Waals surface area contributed by atoms with Gasteiger partial charge in [-0.15, -0.1) is 0 Å². The van der Waals surface area contributed by atoms with E-state index >= 15 is 0 Å². The predicted molar refractivity (Wildman–Crippen MR) is 97.5 cm³/mol. The van der Waals surface area contributed by atoms with Gasteiger partial charge >= 0.3 is 0 Å². The molecule has 1 aromatic heterocycles. The van der Waals surface area contributed by atoms with Crippen molar-refractivity contribution in [2.45, 2.75) is 20.4 Å². The Balaban J connectivity index is 1.64. The van der Waals surface area contributed by atoms with Crippen molar-refractivity contribution >= 4 is 22.5 Å². The number of amides is 1. The highest BCUT2D eigenvalue weighted by molar-refractivity contribution is 5.94. The Bertz CT molecular complexity index is 943. The van der Waals surface area contributed by atoms with Gasteiger partial charge in [-0.3, -0.25) is 4.79 Å². The molecule has 0 aliphatic rings. The zero-order chi connectivity index (χ0) is 17.8. The van der Waals surface area contributed by atoms with Crippen molar-refractivity contribution in [2.75, 3.05) is 6.54 Å². The first kappa shape index (κ1) is 16.9. The standard InChI is InChI=1S/C20H20FN3O/c1-14(16-7-3-4-8-17(16)21)13-20(25)22-11-12-24-15(2)23-18-9-5-6-10-19(18)24/h3-10,13H,11-12H2,1-2H3,(H,22,25). The molecule has 0 bridgehead atoms. The molecule has 0 spiro atoms. The van der Waals surface area contributed by atoms with Crippen LogP contribution in [0.3, 0.4) is 0 Å². The molecule has 0 saturated heterocycles. The molecule has 0 radical (unpaired) electrons. The van der Waals surface area contributed by atoms with E-state index in [0.29, 0.717) is 24.2 Å². The number of aryl methyl sites for hydroxylation is 1. The number of imidazole rings is 1. The summed E-state index contributed by atoms with van der Waals surface area (Å²) in [5.74, 6) is 0.348. The Morgan fingerprint density at radius 3 is 2.72 bits per heavy atom. The van der Waals surface area contributed by atoms with Crippen LogP contribution in [0.5, 0.6) is 0 Å². The van der Waals surface area contributed by atoms with Gasteiger partial charge in [0.15, 0.2) is 0 Å². The van der Waals surface area contributed by atoms with Gasteiger partial charge in [-0.1, -0.05) is 30.3 Å². The Morgan fingerprint density at radius 2 is 1.92 bits per heavy atom. The second kappa shape index (κ2) is 7.30. The Kier molecular flexibility index (Phi) is 4.93. The van der Waals surface area contributed by atoms with Gasteiger partial charge in [0.2, 0.25) is 5.91 Å². The molecule has 0 saturated carbocycles. The Hall–Kier alpha value is -2.95. The number of allylic oxidation sites excluding steroid dienone is 1. The average molecular weight is 337 g/mol. The molecule has 2 aromatic carbocycles. The maximum Gasteiger partial charge on any atom is 0.244 e. The van der Waals surface area contributed by atoms with Crippen LogP contribution in [0, 0.1) is 12.7 Å². The molecule has 4 nitrogen and oxygen atoms in total. The summed E-state index contributed by atoms with van der Waals surface area (Å²) in [7, 11) is 0. The summed E-state index contributed by atoms with van der Waals surface area (Å²) in [5.41, 5.74) is 3.03. The molecule has 0 atom stereocenters. The molecule has 0 aliphatic carbocycles. The van der Waals surface area contributed by atoms with Gasteiger partial charge in [0, 0.05) is 24.7 Å². The molecule has 1 N–H and O–H groups in total. The number of para-hydroxylation sites is 2. The first-order valence-corrected chi connectivity index (χ1v) is 8.19. The minimum atomic E-state index is -0.329. The van der Waals surface area contributed by atoms with Crippen LogP contribution >= 0.6 is 0 Å². The third-order valence-electron chi connectivity index (χ3n) is 4.13. The highest BCUT2D eigenvalue weighted by atomic mass is 19.1. The molecule has 25 heavy (non-hydrogen) atoms. The van der Waals surface area contributed by atoms with Gasteiger partial charge in [0.1, 0.15) is 11.6 Å². The summed E-state index contributed by atoms with van der Waals surface area (Å²) in [6.45, 7) is 4.78. The number of nitrogens with zero attached hydrogens (tertiary/aromatic N) is 2. The van der Waals surface area contributed by atoms with E-state index in [1.807, 2.05) is 31.2 Å². The quantitative estimate of drug-likeness (QED) is 0.722. The zero-order valence-corrected chi connectivity index (χ0v) is 14.3. The molecule has 5 heteroatoms. The van der Waals surface area contributed by atoms with Crippen LogP contribution in [0.1, 0.15) is 18.3 Å². The third-order valence-corrected chi connectivity index (χ3v) is 4.13. The molecule has 1 heterocycles. The highest BCUT2D eigenvalue weighted by Crippen LogP contribution is 2.17. The largest absolute Gasteiger partial charge is 0.351 e. The Morgan fingerprint density at radius 1 is 1.20 bits per heavy atom. The molecular weight excluding hydrogens is 317 g/mol. The van der Waals surface area contributed by atoms with E-state index in [1.165, 1.54) is 12.1 Å². The fourth-order valence-electron chi connectivity index (χ4n) is 2.88.